The average molecular weight is 588 g/mol. The van der Waals surface area contributed by atoms with E-state index in [1.54, 1.807) is 44.2 Å². The molecule has 0 unspecified atom stereocenters. The molecule has 4 N–H and O–H groups in total. The highest BCUT2D eigenvalue weighted by Gasteiger charge is 2.39. The number of alkyl halides is 3. The molecule has 2 aromatic carbocycles. The number of amidine groups is 2. The summed E-state index contributed by atoms with van der Waals surface area (Å²) in [6, 6.07) is 10.4. The van der Waals surface area contributed by atoms with Crippen molar-refractivity contribution < 1.29 is 32.6 Å². The fraction of sp³-hybridized carbons (Fsp3) is 0.400. The molecule has 12 heteroatoms. The molecule has 0 atom stereocenters. The first-order valence-electron chi connectivity index (χ1n) is 13.7. The van der Waals surface area contributed by atoms with Crippen molar-refractivity contribution in [2.45, 2.75) is 51.7 Å². The Morgan fingerprint density at radius 2 is 1.88 bits per heavy atom. The monoisotopic (exact) mass is 587 g/mol. The molecule has 226 valence electrons. The number of nitrogens with two attached hydrogens (primary N) is 1. The number of aromatic hydroxyl groups is 1. The van der Waals surface area contributed by atoms with Gasteiger partial charge in [-0.2, -0.15) is 13.2 Å². The standard InChI is InChI=1S/C30H36F3N5O4/c1-3-42-27(41)13-12-26(40)38(24-10-5-11-25(39)28(24)30(31,32)33)16-6-8-21-7-4-9-22(19-21)29(35)36-23-14-17-37(18-15-23)20(2)34/h4-11,19,23,34,39H,3,12-18H2,1-2H3,(H2,35,36)/b8-6+,34-20?. The van der Waals surface area contributed by atoms with Gasteiger partial charge in [0.05, 0.1) is 30.6 Å². The summed E-state index contributed by atoms with van der Waals surface area (Å²) in [6.07, 6.45) is -0.868. The Morgan fingerprint density at radius 1 is 1.19 bits per heavy atom. The Labute approximate surface area is 243 Å². The predicted molar refractivity (Wildman–Crippen MR) is 156 cm³/mol. The quantitative estimate of drug-likeness (QED) is 0.204. The first-order valence-corrected chi connectivity index (χ1v) is 13.7. The molecule has 0 saturated carbocycles. The van der Waals surface area contributed by atoms with Crippen molar-refractivity contribution in [3.05, 3.63) is 65.2 Å². The van der Waals surface area contributed by atoms with Crippen LogP contribution in [0.15, 0.2) is 53.5 Å². The number of benzene rings is 2. The topological polar surface area (TPSA) is 132 Å². The molecular formula is C30H36F3N5O4. The number of nitrogens with zero attached hydrogens (tertiary/aromatic N) is 3. The van der Waals surface area contributed by atoms with Crippen LogP contribution in [-0.2, 0) is 20.5 Å². The van der Waals surface area contributed by atoms with Crippen molar-refractivity contribution in [3.63, 3.8) is 0 Å². The zero-order chi connectivity index (χ0) is 30.9. The fourth-order valence-electron chi connectivity index (χ4n) is 4.65. The number of ether oxygens (including phenoxy) is 1. The summed E-state index contributed by atoms with van der Waals surface area (Å²) in [5, 5.41) is 17.8. The molecule has 1 aliphatic heterocycles. The molecule has 0 bridgehead atoms. The van der Waals surface area contributed by atoms with Crippen LogP contribution in [-0.4, -0.2) is 65.8 Å². The van der Waals surface area contributed by atoms with Gasteiger partial charge in [-0.1, -0.05) is 36.4 Å². The van der Waals surface area contributed by atoms with Gasteiger partial charge in [0.2, 0.25) is 5.91 Å². The summed E-state index contributed by atoms with van der Waals surface area (Å²) in [7, 11) is 0. The molecule has 42 heavy (non-hydrogen) atoms. The third-order valence-corrected chi connectivity index (χ3v) is 6.79. The normalized spacial score (nSPS) is 14.7. The number of aliphatic imine (C=N–C) groups is 1. The van der Waals surface area contributed by atoms with E-state index in [2.05, 4.69) is 4.99 Å². The highest BCUT2D eigenvalue weighted by atomic mass is 19.4. The SMILES string of the molecule is CCOC(=O)CCC(=O)N(C/C=C/c1cccc(C(N)=NC2CCN(C(C)=N)CC2)c1)c1cccc(O)c1C(F)(F)F. The van der Waals surface area contributed by atoms with Gasteiger partial charge in [-0.05, 0) is 50.5 Å². The summed E-state index contributed by atoms with van der Waals surface area (Å²) in [6.45, 7) is 4.70. The number of halogens is 3. The van der Waals surface area contributed by atoms with Crippen molar-refractivity contribution in [3.8, 4) is 5.75 Å². The van der Waals surface area contributed by atoms with Crippen molar-refractivity contribution in [1.82, 2.24) is 4.90 Å². The molecule has 0 radical (unpaired) electrons. The number of rotatable bonds is 10. The van der Waals surface area contributed by atoms with E-state index < -0.39 is 35.1 Å². The first kappa shape index (κ1) is 32.2. The summed E-state index contributed by atoms with van der Waals surface area (Å²) in [4.78, 5) is 32.4. The third-order valence-electron chi connectivity index (χ3n) is 6.79. The van der Waals surface area contributed by atoms with Gasteiger partial charge in [-0.3, -0.25) is 20.0 Å². The first-order chi connectivity index (χ1) is 19.9. The molecule has 0 spiro atoms. The minimum atomic E-state index is -4.93. The molecule has 9 nitrogen and oxygen atoms in total. The number of carbonyl (C=O) groups is 2. The zero-order valence-electron chi connectivity index (χ0n) is 23.7. The largest absolute Gasteiger partial charge is 0.507 e. The van der Waals surface area contributed by atoms with Gasteiger partial charge in [0.25, 0.3) is 0 Å². The molecule has 3 rings (SSSR count). The van der Waals surface area contributed by atoms with Gasteiger partial charge in [-0.15, -0.1) is 0 Å². The van der Waals surface area contributed by atoms with Crippen molar-refractivity contribution in [1.29, 1.82) is 5.41 Å². The van der Waals surface area contributed by atoms with Crippen LogP contribution in [0.5, 0.6) is 5.75 Å². The van der Waals surface area contributed by atoms with Crippen LogP contribution in [0.3, 0.4) is 0 Å². The second-order valence-electron chi connectivity index (χ2n) is 9.82. The maximum Gasteiger partial charge on any atom is 0.421 e. The number of likely N-dealkylation sites (tertiary alicyclic amines) is 1. The predicted octanol–water partition coefficient (Wildman–Crippen LogP) is 4.97. The Bertz CT molecular complexity index is 1330. The highest BCUT2D eigenvalue weighted by molar-refractivity contribution is 5.98. The summed E-state index contributed by atoms with van der Waals surface area (Å²) >= 11 is 0. The number of piperidine rings is 1. The lowest BCUT2D eigenvalue weighted by atomic mass is 10.0. The summed E-state index contributed by atoms with van der Waals surface area (Å²) < 4.78 is 46.4. The molecule has 1 fully saturated rings. The molecule has 2 aromatic rings. The lowest BCUT2D eigenvalue weighted by Crippen LogP contribution is -2.38. The van der Waals surface area contributed by atoms with Crippen LogP contribution in [0.2, 0.25) is 0 Å². The van der Waals surface area contributed by atoms with Gasteiger partial charge in [-0.25, -0.2) is 0 Å². The van der Waals surface area contributed by atoms with E-state index in [-0.39, 0.29) is 32.0 Å². The van der Waals surface area contributed by atoms with Crippen LogP contribution in [0, 0.1) is 5.41 Å². The summed E-state index contributed by atoms with van der Waals surface area (Å²) in [5.74, 6) is -1.49. The van der Waals surface area contributed by atoms with E-state index in [1.165, 1.54) is 12.1 Å². The minimum absolute atomic E-state index is 0.0408. The summed E-state index contributed by atoms with van der Waals surface area (Å²) in [5.41, 5.74) is 5.79. The lowest BCUT2D eigenvalue weighted by molar-refractivity contribution is -0.144. The fourth-order valence-corrected chi connectivity index (χ4v) is 4.65. The van der Waals surface area contributed by atoms with Gasteiger partial charge < -0.3 is 25.4 Å². The van der Waals surface area contributed by atoms with Crippen LogP contribution in [0.4, 0.5) is 18.9 Å². The Balaban J connectivity index is 1.80. The van der Waals surface area contributed by atoms with E-state index in [1.807, 2.05) is 4.90 Å². The number of hydrogen-bond acceptors (Lipinski definition) is 6. The van der Waals surface area contributed by atoms with Crippen molar-refractivity contribution in [2.75, 3.05) is 31.1 Å². The maximum atomic E-state index is 13.9. The number of anilines is 1. The second kappa shape index (κ2) is 14.5. The van der Waals surface area contributed by atoms with Crippen LogP contribution in [0.1, 0.15) is 56.2 Å². The third kappa shape index (κ3) is 8.82. The number of carbonyl (C=O) groups excluding carboxylic acids is 2. The number of phenols is 1. The van der Waals surface area contributed by atoms with Crippen LogP contribution in [0.25, 0.3) is 6.08 Å². The molecular weight excluding hydrogens is 551 g/mol. The zero-order valence-corrected chi connectivity index (χ0v) is 23.7. The lowest BCUT2D eigenvalue weighted by Gasteiger charge is -2.31. The number of hydrogen-bond donors (Lipinski definition) is 3. The molecule has 1 aliphatic rings. The Kier molecular flexibility index (Phi) is 11.1. The van der Waals surface area contributed by atoms with Gasteiger partial charge in [0.1, 0.15) is 17.1 Å². The molecule has 0 aliphatic carbocycles. The van der Waals surface area contributed by atoms with E-state index >= 15 is 0 Å². The maximum absolute atomic E-state index is 13.9. The van der Waals surface area contributed by atoms with Gasteiger partial charge in [0, 0.05) is 31.6 Å². The number of phenolic OH excluding ortho intramolecular Hbond substituents is 1. The smallest absolute Gasteiger partial charge is 0.421 e. The van der Waals surface area contributed by atoms with E-state index in [0.717, 1.165) is 43.0 Å². The average Bonchev–Trinajstić information content (AvgIpc) is 2.94. The minimum Gasteiger partial charge on any atom is -0.507 e. The molecule has 0 aromatic heterocycles. The Morgan fingerprint density at radius 3 is 2.52 bits per heavy atom. The molecule has 1 amide bonds. The molecule has 1 heterocycles. The molecule has 1 saturated heterocycles. The highest BCUT2D eigenvalue weighted by Crippen LogP contribution is 2.42. The van der Waals surface area contributed by atoms with Crippen LogP contribution < -0.4 is 10.6 Å². The van der Waals surface area contributed by atoms with Gasteiger partial charge in [0.15, 0.2) is 0 Å². The van der Waals surface area contributed by atoms with Gasteiger partial charge >= 0.3 is 12.1 Å². The van der Waals surface area contributed by atoms with E-state index in [0.29, 0.717) is 22.8 Å². The van der Waals surface area contributed by atoms with E-state index in [4.69, 9.17) is 15.9 Å². The van der Waals surface area contributed by atoms with Crippen molar-refractivity contribution in [2.24, 2.45) is 10.7 Å². The van der Waals surface area contributed by atoms with Crippen LogP contribution >= 0.6 is 0 Å². The van der Waals surface area contributed by atoms with Crippen molar-refractivity contribution >= 4 is 35.3 Å². The Hall–Kier alpha value is -4.35. The van der Waals surface area contributed by atoms with E-state index in [9.17, 15) is 27.9 Å². The number of nitrogens with one attached hydrogen (secondary N) is 1. The number of amides is 1. The second-order valence-corrected chi connectivity index (χ2v) is 9.82. The number of esters is 1.